The Morgan fingerprint density at radius 1 is 1.13 bits per heavy atom. The summed E-state index contributed by atoms with van der Waals surface area (Å²) in [4.78, 5) is 1.76. The number of benzene rings is 1. The van der Waals surface area contributed by atoms with Crippen molar-refractivity contribution < 1.29 is 8.78 Å². The predicted molar refractivity (Wildman–Crippen MR) is 54.2 cm³/mol. The lowest BCUT2D eigenvalue weighted by Crippen LogP contribution is -2.27. The molecule has 3 heteroatoms. The third kappa shape index (κ3) is 2.34. The fourth-order valence-corrected chi connectivity index (χ4v) is 2.00. The normalized spacial score (nSPS) is 19.4. The van der Waals surface area contributed by atoms with E-state index in [1.807, 2.05) is 0 Å². The average molecular weight is 209 g/mol. The van der Waals surface area contributed by atoms with Crippen molar-refractivity contribution in [3.8, 4) is 0 Å². The topological polar surface area (TPSA) is 3.24 Å². The third-order valence-corrected chi connectivity index (χ3v) is 2.94. The van der Waals surface area contributed by atoms with Crippen molar-refractivity contribution in [3.05, 3.63) is 42.4 Å². The molecule has 1 aliphatic rings. The highest BCUT2D eigenvalue weighted by Crippen LogP contribution is 2.28. The molecular formula is C12H13F2N. The summed E-state index contributed by atoms with van der Waals surface area (Å²) in [5, 5.41) is 0. The van der Waals surface area contributed by atoms with Gasteiger partial charge in [-0.1, -0.05) is 6.07 Å². The second kappa shape index (κ2) is 4.27. The van der Waals surface area contributed by atoms with Crippen LogP contribution in [0.2, 0.25) is 0 Å². The summed E-state index contributed by atoms with van der Waals surface area (Å²) < 4.78 is 25.7. The van der Waals surface area contributed by atoms with Crippen molar-refractivity contribution in [1.29, 1.82) is 0 Å². The van der Waals surface area contributed by atoms with Crippen molar-refractivity contribution in [2.24, 2.45) is 0 Å². The van der Waals surface area contributed by atoms with Gasteiger partial charge >= 0.3 is 0 Å². The average Bonchev–Trinajstić information content (AvgIpc) is 2.23. The Kier molecular flexibility index (Phi) is 3.00. The van der Waals surface area contributed by atoms with E-state index in [1.54, 1.807) is 11.0 Å². The number of piperidine rings is 1. The zero-order valence-electron chi connectivity index (χ0n) is 8.42. The van der Waals surface area contributed by atoms with E-state index >= 15 is 0 Å². The largest absolute Gasteiger partial charge is 0.297 e. The van der Waals surface area contributed by atoms with Crippen LogP contribution in [0.5, 0.6) is 0 Å². The monoisotopic (exact) mass is 209 g/mol. The molecule has 0 saturated carbocycles. The van der Waals surface area contributed by atoms with Gasteiger partial charge in [0.1, 0.15) is 0 Å². The standard InChI is InChI=1S/C12H13F2N/c1-15-6-4-9(5-7-15)10-2-3-11(13)12(14)8-10/h1-3,8-9H,4-7H2. The van der Waals surface area contributed by atoms with Gasteiger partial charge in [-0.2, -0.15) is 0 Å². The van der Waals surface area contributed by atoms with E-state index in [-0.39, 0.29) is 0 Å². The Morgan fingerprint density at radius 2 is 1.80 bits per heavy atom. The van der Waals surface area contributed by atoms with Gasteiger partial charge in [0.05, 0.1) is 0 Å². The molecule has 15 heavy (non-hydrogen) atoms. The second-order valence-electron chi connectivity index (χ2n) is 3.98. The number of hydrogen-bond donors (Lipinski definition) is 0. The van der Waals surface area contributed by atoms with Gasteiger partial charge in [-0.3, -0.25) is 4.90 Å². The Labute approximate surface area is 88.7 Å². The Hall–Kier alpha value is -0.960. The smallest absolute Gasteiger partial charge is 0.159 e. The quantitative estimate of drug-likeness (QED) is 0.687. The highest BCUT2D eigenvalue weighted by atomic mass is 19.2. The molecule has 1 nitrogen and oxygen atoms in total. The molecule has 0 aliphatic carbocycles. The van der Waals surface area contributed by atoms with Crippen LogP contribution >= 0.6 is 0 Å². The van der Waals surface area contributed by atoms with Crippen molar-refractivity contribution >= 4 is 0 Å². The molecule has 0 N–H and O–H groups in total. The van der Waals surface area contributed by atoms with E-state index < -0.39 is 11.6 Å². The van der Waals surface area contributed by atoms with Crippen LogP contribution in [-0.4, -0.2) is 18.0 Å². The summed E-state index contributed by atoms with van der Waals surface area (Å²) >= 11 is 0. The van der Waals surface area contributed by atoms with Gasteiger partial charge in [-0.25, -0.2) is 8.78 Å². The van der Waals surface area contributed by atoms with Crippen LogP contribution < -0.4 is 0 Å². The van der Waals surface area contributed by atoms with E-state index in [9.17, 15) is 8.78 Å². The molecule has 0 atom stereocenters. The van der Waals surface area contributed by atoms with Crippen LogP contribution in [0.15, 0.2) is 18.2 Å². The van der Waals surface area contributed by atoms with Gasteiger partial charge in [0.25, 0.3) is 0 Å². The SMILES string of the molecule is [CH]N1CCC(c2ccc(F)c(F)c2)CC1. The Morgan fingerprint density at radius 3 is 2.40 bits per heavy atom. The molecule has 1 aromatic carbocycles. The maximum Gasteiger partial charge on any atom is 0.159 e. The van der Waals surface area contributed by atoms with E-state index in [4.69, 9.17) is 7.05 Å². The molecule has 1 heterocycles. The minimum atomic E-state index is -0.782. The minimum Gasteiger partial charge on any atom is -0.297 e. The van der Waals surface area contributed by atoms with E-state index in [0.717, 1.165) is 31.5 Å². The van der Waals surface area contributed by atoms with E-state index in [2.05, 4.69) is 0 Å². The first kappa shape index (κ1) is 10.6. The summed E-state index contributed by atoms with van der Waals surface area (Å²) in [6, 6.07) is 4.15. The van der Waals surface area contributed by atoms with Crippen LogP contribution in [0.25, 0.3) is 0 Å². The highest BCUT2D eigenvalue weighted by Gasteiger charge is 2.19. The van der Waals surface area contributed by atoms with Gasteiger partial charge in [0, 0.05) is 7.05 Å². The summed E-state index contributed by atoms with van der Waals surface area (Å²) in [6.45, 7) is 1.62. The maximum absolute atomic E-state index is 13.0. The van der Waals surface area contributed by atoms with Gasteiger partial charge in [-0.05, 0) is 49.5 Å². The summed E-state index contributed by atoms with van der Waals surface area (Å²) in [5.74, 6) is -1.24. The predicted octanol–water partition coefficient (Wildman–Crippen LogP) is 2.81. The lowest BCUT2D eigenvalue weighted by molar-refractivity contribution is 0.280. The van der Waals surface area contributed by atoms with Crippen LogP contribution in [0, 0.1) is 18.7 Å². The summed E-state index contributed by atoms with van der Waals surface area (Å²) in [5.41, 5.74) is 0.877. The van der Waals surface area contributed by atoms with Crippen LogP contribution in [-0.2, 0) is 0 Å². The molecule has 80 valence electrons. The van der Waals surface area contributed by atoms with Gasteiger partial charge in [0.2, 0.25) is 0 Å². The fraction of sp³-hybridized carbons (Fsp3) is 0.417. The van der Waals surface area contributed by atoms with Crippen LogP contribution in [0.3, 0.4) is 0 Å². The zero-order chi connectivity index (χ0) is 10.8. The van der Waals surface area contributed by atoms with Gasteiger partial charge in [-0.15, -0.1) is 0 Å². The lowest BCUT2D eigenvalue weighted by atomic mass is 9.89. The molecule has 0 unspecified atom stereocenters. The number of rotatable bonds is 1. The molecule has 2 radical (unpaired) electrons. The Balaban J connectivity index is 2.12. The van der Waals surface area contributed by atoms with E-state index in [0.29, 0.717) is 5.92 Å². The minimum absolute atomic E-state index is 0.305. The summed E-state index contributed by atoms with van der Waals surface area (Å²) in [6.07, 6.45) is 1.81. The Bertz CT molecular complexity index is 343. The molecule has 0 spiro atoms. The molecule has 2 rings (SSSR count). The van der Waals surface area contributed by atoms with Crippen molar-refractivity contribution in [2.75, 3.05) is 13.1 Å². The second-order valence-corrected chi connectivity index (χ2v) is 3.98. The van der Waals surface area contributed by atoms with E-state index in [1.165, 1.54) is 12.1 Å². The van der Waals surface area contributed by atoms with Crippen molar-refractivity contribution in [2.45, 2.75) is 18.8 Å². The third-order valence-electron chi connectivity index (χ3n) is 2.94. The molecule has 0 aromatic heterocycles. The zero-order valence-corrected chi connectivity index (χ0v) is 8.42. The molecule has 0 bridgehead atoms. The first-order valence-electron chi connectivity index (χ1n) is 5.11. The molecule has 0 amide bonds. The van der Waals surface area contributed by atoms with Crippen molar-refractivity contribution in [3.63, 3.8) is 0 Å². The first-order chi connectivity index (χ1) is 7.16. The van der Waals surface area contributed by atoms with Gasteiger partial charge in [0.15, 0.2) is 11.6 Å². The molecule has 1 saturated heterocycles. The number of hydrogen-bond acceptors (Lipinski definition) is 1. The molecule has 1 fully saturated rings. The molecule has 1 aliphatic heterocycles. The lowest BCUT2D eigenvalue weighted by Gasteiger charge is -2.28. The maximum atomic E-state index is 13.0. The number of halogens is 2. The van der Waals surface area contributed by atoms with Crippen LogP contribution in [0.4, 0.5) is 8.78 Å². The molecular weight excluding hydrogens is 196 g/mol. The van der Waals surface area contributed by atoms with Gasteiger partial charge < -0.3 is 0 Å². The molecule has 1 aromatic rings. The highest BCUT2D eigenvalue weighted by molar-refractivity contribution is 5.22. The number of likely N-dealkylation sites (tertiary alicyclic amines) is 1. The van der Waals surface area contributed by atoms with Crippen molar-refractivity contribution in [1.82, 2.24) is 4.90 Å². The fourth-order valence-electron chi connectivity index (χ4n) is 2.00. The van der Waals surface area contributed by atoms with Crippen LogP contribution in [0.1, 0.15) is 24.3 Å². The first-order valence-corrected chi connectivity index (χ1v) is 5.11. The summed E-state index contributed by atoms with van der Waals surface area (Å²) in [7, 11) is 5.63. The number of nitrogens with zero attached hydrogens (tertiary/aromatic N) is 1.